The first kappa shape index (κ1) is 17.1. The van der Waals surface area contributed by atoms with Gasteiger partial charge in [0, 0.05) is 12.7 Å². The number of rotatable bonds is 7. The number of hydrogen-bond acceptors (Lipinski definition) is 4. The lowest BCUT2D eigenvalue weighted by molar-refractivity contribution is -0.136. The summed E-state index contributed by atoms with van der Waals surface area (Å²) in [4.78, 5) is 29.7. The molecule has 0 aliphatic rings. The van der Waals surface area contributed by atoms with Crippen LogP contribution in [0, 0.1) is 6.92 Å². The third kappa shape index (κ3) is 5.91. The van der Waals surface area contributed by atoms with Crippen LogP contribution in [0.25, 0.3) is 0 Å². The number of nitrogens with zero attached hydrogens (tertiary/aromatic N) is 2. The van der Waals surface area contributed by atoms with Crippen molar-refractivity contribution >= 4 is 17.6 Å². The Morgan fingerprint density at radius 1 is 1.24 bits per heavy atom. The lowest BCUT2D eigenvalue weighted by atomic mass is 10.3. The van der Waals surface area contributed by atoms with Gasteiger partial charge in [-0.1, -0.05) is 19.9 Å². The molecular weight excluding hydrogens is 268 g/mol. The van der Waals surface area contributed by atoms with Crippen LogP contribution in [0.5, 0.6) is 0 Å². The highest BCUT2D eigenvalue weighted by molar-refractivity contribution is 6.39. The molecule has 1 aromatic heterocycles. The molecule has 0 unspecified atom stereocenters. The summed E-state index contributed by atoms with van der Waals surface area (Å²) in [7, 11) is 0. The largest absolute Gasteiger partial charge is 0.348 e. The van der Waals surface area contributed by atoms with Crippen molar-refractivity contribution in [2.45, 2.75) is 27.2 Å². The zero-order chi connectivity index (χ0) is 15.7. The van der Waals surface area contributed by atoms with E-state index in [1.807, 2.05) is 13.0 Å². The summed E-state index contributed by atoms with van der Waals surface area (Å²) in [5.74, 6) is -0.889. The second-order valence-corrected chi connectivity index (χ2v) is 4.76. The molecule has 116 valence electrons. The normalized spacial score (nSPS) is 10.5. The standard InChI is InChI=1S/C15H24N4O2/c1-4-19(5-2)11-7-10-17-14(20)15(21)18-13-12(3)8-6-9-16-13/h6,8-9H,4-5,7,10-11H2,1-3H3,(H,17,20)(H,16,18,21). The van der Waals surface area contributed by atoms with E-state index in [0.717, 1.165) is 31.6 Å². The van der Waals surface area contributed by atoms with E-state index in [0.29, 0.717) is 12.4 Å². The molecule has 0 bridgehead atoms. The van der Waals surface area contributed by atoms with Gasteiger partial charge < -0.3 is 15.5 Å². The Bertz CT molecular complexity index is 472. The summed E-state index contributed by atoms with van der Waals surface area (Å²) in [6.45, 7) is 9.41. The summed E-state index contributed by atoms with van der Waals surface area (Å²) in [6.07, 6.45) is 2.40. The fraction of sp³-hybridized carbons (Fsp3) is 0.533. The van der Waals surface area contributed by atoms with Crippen molar-refractivity contribution in [1.82, 2.24) is 15.2 Å². The summed E-state index contributed by atoms with van der Waals surface area (Å²) in [5.41, 5.74) is 0.820. The van der Waals surface area contributed by atoms with Crippen molar-refractivity contribution in [2.75, 3.05) is 31.5 Å². The van der Waals surface area contributed by atoms with Crippen molar-refractivity contribution in [3.05, 3.63) is 23.9 Å². The number of anilines is 1. The number of hydrogen-bond donors (Lipinski definition) is 2. The first-order valence-corrected chi connectivity index (χ1v) is 7.31. The zero-order valence-electron chi connectivity index (χ0n) is 13.0. The second kappa shape index (κ2) is 9.07. The van der Waals surface area contributed by atoms with Gasteiger partial charge in [-0.25, -0.2) is 4.98 Å². The van der Waals surface area contributed by atoms with Crippen LogP contribution in [-0.4, -0.2) is 47.9 Å². The zero-order valence-corrected chi connectivity index (χ0v) is 13.0. The molecule has 0 aromatic carbocycles. The molecule has 0 aliphatic heterocycles. The molecule has 0 radical (unpaired) electrons. The van der Waals surface area contributed by atoms with Gasteiger partial charge in [0.1, 0.15) is 5.82 Å². The van der Waals surface area contributed by atoms with Gasteiger partial charge in [0.25, 0.3) is 0 Å². The van der Waals surface area contributed by atoms with Gasteiger partial charge in [-0.05, 0) is 44.6 Å². The van der Waals surface area contributed by atoms with E-state index in [2.05, 4.69) is 34.4 Å². The highest BCUT2D eigenvalue weighted by Crippen LogP contribution is 2.08. The summed E-state index contributed by atoms with van der Waals surface area (Å²) < 4.78 is 0. The fourth-order valence-corrected chi connectivity index (χ4v) is 1.91. The van der Waals surface area contributed by atoms with Crippen molar-refractivity contribution in [3.63, 3.8) is 0 Å². The minimum atomic E-state index is -0.681. The monoisotopic (exact) mass is 292 g/mol. The number of carbonyl (C=O) groups excluding carboxylic acids is 2. The van der Waals surface area contributed by atoms with Crippen molar-refractivity contribution in [3.8, 4) is 0 Å². The van der Waals surface area contributed by atoms with E-state index >= 15 is 0 Å². The van der Waals surface area contributed by atoms with Gasteiger partial charge in [-0.2, -0.15) is 0 Å². The second-order valence-electron chi connectivity index (χ2n) is 4.76. The maximum absolute atomic E-state index is 11.7. The Morgan fingerprint density at radius 2 is 1.95 bits per heavy atom. The topological polar surface area (TPSA) is 74.3 Å². The Morgan fingerprint density at radius 3 is 2.57 bits per heavy atom. The molecular formula is C15H24N4O2. The molecule has 0 aliphatic carbocycles. The first-order chi connectivity index (χ1) is 10.1. The molecule has 6 nitrogen and oxygen atoms in total. The Balaban J connectivity index is 2.32. The van der Waals surface area contributed by atoms with Crippen molar-refractivity contribution in [1.29, 1.82) is 0 Å². The van der Waals surface area contributed by atoms with Crippen LogP contribution >= 0.6 is 0 Å². The van der Waals surface area contributed by atoms with Gasteiger partial charge in [-0.15, -0.1) is 0 Å². The van der Waals surface area contributed by atoms with Crippen LogP contribution in [0.15, 0.2) is 18.3 Å². The molecule has 6 heteroatoms. The van der Waals surface area contributed by atoms with E-state index < -0.39 is 11.8 Å². The van der Waals surface area contributed by atoms with Gasteiger partial charge in [0.15, 0.2) is 0 Å². The van der Waals surface area contributed by atoms with Crippen molar-refractivity contribution < 1.29 is 9.59 Å². The predicted octanol–water partition coefficient (Wildman–Crippen LogP) is 1.18. The van der Waals surface area contributed by atoms with Gasteiger partial charge in [0.2, 0.25) is 0 Å². The first-order valence-electron chi connectivity index (χ1n) is 7.31. The van der Waals surface area contributed by atoms with E-state index in [-0.39, 0.29) is 0 Å². The molecule has 0 saturated heterocycles. The van der Waals surface area contributed by atoms with Gasteiger partial charge in [0.05, 0.1) is 0 Å². The number of aryl methyl sites for hydroxylation is 1. The van der Waals surface area contributed by atoms with Crippen LogP contribution < -0.4 is 10.6 Å². The quantitative estimate of drug-likeness (QED) is 0.584. The van der Waals surface area contributed by atoms with Gasteiger partial charge >= 0.3 is 11.8 Å². The molecule has 1 aromatic rings. The Kier molecular flexibility index (Phi) is 7.39. The number of nitrogens with one attached hydrogen (secondary N) is 2. The van der Waals surface area contributed by atoms with Crippen LogP contribution in [0.1, 0.15) is 25.8 Å². The summed E-state index contributed by atoms with van der Waals surface area (Å²) >= 11 is 0. The van der Waals surface area contributed by atoms with Crippen LogP contribution in [0.2, 0.25) is 0 Å². The van der Waals surface area contributed by atoms with Crippen LogP contribution in [0.3, 0.4) is 0 Å². The summed E-state index contributed by atoms with van der Waals surface area (Å²) in [5, 5.41) is 5.13. The molecule has 2 amide bonds. The highest BCUT2D eigenvalue weighted by Gasteiger charge is 2.14. The van der Waals surface area contributed by atoms with E-state index in [1.165, 1.54) is 0 Å². The number of pyridine rings is 1. The smallest absolute Gasteiger partial charge is 0.314 e. The van der Waals surface area contributed by atoms with E-state index in [4.69, 9.17) is 0 Å². The van der Waals surface area contributed by atoms with Crippen molar-refractivity contribution in [2.24, 2.45) is 0 Å². The summed E-state index contributed by atoms with van der Waals surface area (Å²) in [6, 6.07) is 3.60. The van der Waals surface area contributed by atoms with Crippen LogP contribution in [-0.2, 0) is 9.59 Å². The average Bonchev–Trinajstić information content (AvgIpc) is 2.49. The lowest BCUT2D eigenvalue weighted by Crippen LogP contribution is -2.37. The fourth-order valence-electron chi connectivity index (χ4n) is 1.91. The van der Waals surface area contributed by atoms with E-state index in [1.54, 1.807) is 12.3 Å². The molecule has 1 heterocycles. The molecule has 0 fully saturated rings. The number of carbonyl (C=O) groups is 2. The highest BCUT2D eigenvalue weighted by atomic mass is 16.2. The minimum absolute atomic E-state index is 0.417. The average molecular weight is 292 g/mol. The Hall–Kier alpha value is -1.95. The maximum atomic E-state index is 11.7. The Labute approximate surface area is 125 Å². The molecule has 2 N–H and O–H groups in total. The molecule has 21 heavy (non-hydrogen) atoms. The minimum Gasteiger partial charge on any atom is -0.348 e. The number of aromatic nitrogens is 1. The third-order valence-electron chi connectivity index (χ3n) is 3.28. The molecule has 0 spiro atoms. The third-order valence-corrected chi connectivity index (χ3v) is 3.28. The van der Waals surface area contributed by atoms with Gasteiger partial charge in [-0.3, -0.25) is 9.59 Å². The lowest BCUT2D eigenvalue weighted by Gasteiger charge is -2.17. The molecule has 0 saturated carbocycles. The SMILES string of the molecule is CCN(CC)CCCNC(=O)C(=O)Nc1ncccc1C. The maximum Gasteiger partial charge on any atom is 0.314 e. The molecule has 1 rings (SSSR count). The number of amides is 2. The molecule has 0 atom stereocenters. The van der Waals surface area contributed by atoms with E-state index in [9.17, 15) is 9.59 Å². The predicted molar refractivity (Wildman–Crippen MR) is 83.0 cm³/mol. The van der Waals surface area contributed by atoms with Crippen LogP contribution in [0.4, 0.5) is 5.82 Å².